The quantitative estimate of drug-likeness (QED) is 0.423. The third kappa shape index (κ3) is 5.93. The van der Waals surface area contributed by atoms with Crippen LogP contribution in [0.4, 0.5) is 0 Å². The summed E-state index contributed by atoms with van der Waals surface area (Å²) in [6.07, 6.45) is 6.61. The first-order chi connectivity index (χ1) is 12.1. The molecule has 0 aliphatic heterocycles. The van der Waals surface area contributed by atoms with Crippen LogP contribution >= 0.6 is 15.9 Å². The van der Waals surface area contributed by atoms with Crippen LogP contribution in [0.15, 0.2) is 82.1 Å². The molecule has 128 valence electrons. The van der Waals surface area contributed by atoms with E-state index in [0.29, 0.717) is 11.2 Å². The van der Waals surface area contributed by atoms with Gasteiger partial charge in [0.1, 0.15) is 5.70 Å². The molecule has 1 aromatic carbocycles. The van der Waals surface area contributed by atoms with Gasteiger partial charge in [-0.25, -0.2) is 0 Å². The largest absolute Gasteiger partial charge is 0.444 e. The summed E-state index contributed by atoms with van der Waals surface area (Å²) in [5.74, 6) is -0.836. The molecule has 6 heteroatoms. The van der Waals surface area contributed by atoms with E-state index >= 15 is 0 Å². The molecule has 2 N–H and O–H groups in total. The first-order valence-corrected chi connectivity index (χ1v) is 8.28. The highest BCUT2D eigenvalue weighted by atomic mass is 79.9. The minimum atomic E-state index is -0.515. The number of carbonyl (C=O) groups is 2. The second-order valence-corrected chi connectivity index (χ2v) is 5.69. The minimum absolute atomic E-state index is 0.0985. The summed E-state index contributed by atoms with van der Waals surface area (Å²) in [5, 5.41) is 5.18. The molecule has 0 atom stereocenters. The van der Waals surface area contributed by atoms with Crippen LogP contribution in [0, 0.1) is 0 Å². The van der Waals surface area contributed by atoms with E-state index < -0.39 is 11.8 Å². The van der Waals surface area contributed by atoms with Gasteiger partial charge in [-0.1, -0.05) is 48.6 Å². The SMILES string of the molecule is C=CCNC(=O)/C(=C\C=C/c1ccccc1)NC(=O)c1ccc(Br)o1. The maximum atomic E-state index is 12.2. The lowest BCUT2D eigenvalue weighted by atomic mass is 10.2. The van der Waals surface area contributed by atoms with Crippen LogP contribution in [0.25, 0.3) is 6.08 Å². The van der Waals surface area contributed by atoms with Crippen molar-refractivity contribution >= 4 is 33.8 Å². The minimum Gasteiger partial charge on any atom is -0.444 e. The molecule has 5 nitrogen and oxygen atoms in total. The van der Waals surface area contributed by atoms with Crippen LogP contribution in [0.1, 0.15) is 16.1 Å². The number of furan rings is 1. The number of benzene rings is 1. The summed E-state index contributed by atoms with van der Waals surface area (Å²) in [5.41, 5.74) is 1.08. The molecular weight excluding hydrogens is 384 g/mol. The smallest absolute Gasteiger partial charge is 0.291 e. The van der Waals surface area contributed by atoms with Crippen LogP contribution in [-0.2, 0) is 4.79 Å². The zero-order chi connectivity index (χ0) is 18.1. The maximum absolute atomic E-state index is 12.2. The van der Waals surface area contributed by atoms with Gasteiger partial charge in [-0.3, -0.25) is 9.59 Å². The molecule has 0 saturated carbocycles. The Morgan fingerprint density at radius 3 is 2.56 bits per heavy atom. The highest BCUT2D eigenvalue weighted by molar-refractivity contribution is 9.10. The number of rotatable bonds is 7. The second-order valence-electron chi connectivity index (χ2n) is 4.91. The summed E-state index contributed by atoms with van der Waals surface area (Å²) < 4.78 is 5.63. The molecule has 0 unspecified atom stereocenters. The number of halogens is 1. The number of allylic oxidation sites excluding steroid dienone is 2. The standard InChI is InChI=1S/C19H17BrN2O3/c1-2-13-21-18(23)15(10-6-9-14-7-4-3-5-8-14)22-19(24)16-11-12-17(20)25-16/h2-12H,1,13H2,(H,21,23)(H,22,24)/b9-6-,15-10+. The Balaban J connectivity index is 2.15. The second kappa shape index (κ2) is 9.44. The number of hydrogen-bond acceptors (Lipinski definition) is 3. The third-order valence-electron chi connectivity index (χ3n) is 3.05. The van der Waals surface area contributed by atoms with Crippen LogP contribution in [-0.4, -0.2) is 18.4 Å². The van der Waals surface area contributed by atoms with Gasteiger partial charge in [-0.2, -0.15) is 0 Å². The van der Waals surface area contributed by atoms with Crippen LogP contribution in [0.3, 0.4) is 0 Å². The number of nitrogens with one attached hydrogen (secondary N) is 2. The van der Waals surface area contributed by atoms with Gasteiger partial charge in [0.25, 0.3) is 11.8 Å². The fourth-order valence-corrected chi connectivity index (χ4v) is 2.18. The van der Waals surface area contributed by atoms with Gasteiger partial charge in [-0.15, -0.1) is 6.58 Å². The predicted octanol–water partition coefficient (Wildman–Crippen LogP) is 3.67. The predicted molar refractivity (Wildman–Crippen MR) is 101 cm³/mol. The molecule has 2 rings (SSSR count). The first-order valence-electron chi connectivity index (χ1n) is 7.49. The molecule has 2 aromatic rings. The molecular formula is C19H17BrN2O3. The molecule has 2 amide bonds. The average molecular weight is 401 g/mol. The Morgan fingerprint density at radius 2 is 1.92 bits per heavy atom. The zero-order valence-electron chi connectivity index (χ0n) is 13.4. The third-order valence-corrected chi connectivity index (χ3v) is 3.47. The van der Waals surface area contributed by atoms with Gasteiger partial charge in [-0.05, 0) is 39.7 Å². The van der Waals surface area contributed by atoms with Gasteiger partial charge in [0, 0.05) is 6.54 Å². The monoisotopic (exact) mass is 400 g/mol. The summed E-state index contributed by atoms with van der Waals surface area (Å²) in [6.45, 7) is 3.84. The Hall–Kier alpha value is -2.86. The normalized spacial score (nSPS) is 11.3. The van der Waals surface area contributed by atoms with E-state index in [1.54, 1.807) is 18.2 Å². The molecule has 0 aliphatic carbocycles. The zero-order valence-corrected chi connectivity index (χ0v) is 15.0. The van der Waals surface area contributed by atoms with Crippen molar-refractivity contribution in [2.24, 2.45) is 0 Å². The molecule has 0 aliphatic rings. The maximum Gasteiger partial charge on any atom is 0.291 e. The van der Waals surface area contributed by atoms with Crippen LogP contribution in [0.2, 0.25) is 0 Å². The Labute approximate surface area is 154 Å². The molecule has 0 bridgehead atoms. The van der Waals surface area contributed by atoms with Crippen molar-refractivity contribution < 1.29 is 14.0 Å². The summed E-state index contributed by atoms with van der Waals surface area (Å²) in [4.78, 5) is 24.4. The highest BCUT2D eigenvalue weighted by Crippen LogP contribution is 2.14. The first kappa shape index (κ1) is 18.5. The molecule has 1 heterocycles. The van der Waals surface area contributed by atoms with E-state index in [0.717, 1.165) is 5.56 Å². The van der Waals surface area contributed by atoms with Gasteiger partial charge in [0.15, 0.2) is 10.4 Å². The summed E-state index contributed by atoms with van der Waals surface area (Å²) >= 11 is 3.13. The molecule has 0 spiro atoms. The molecule has 0 radical (unpaired) electrons. The van der Waals surface area contributed by atoms with Gasteiger partial charge in [0.2, 0.25) is 0 Å². The fourth-order valence-electron chi connectivity index (χ4n) is 1.87. The molecule has 0 saturated heterocycles. The van der Waals surface area contributed by atoms with Crippen molar-refractivity contribution in [3.8, 4) is 0 Å². The van der Waals surface area contributed by atoms with Crippen LogP contribution < -0.4 is 10.6 Å². The number of carbonyl (C=O) groups excluding carboxylic acids is 2. The van der Waals surface area contributed by atoms with E-state index in [1.807, 2.05) is 36.4 Å². The lowest BCUT2D eigenvalue weighted by molar-refractivity contribution is -0.117. The van der Waals surface area contributed by atoms with Crippen LogP contribution in [0.5, 0.6) is 0 Å². The Bertz CT molecular complexity index is 807. The summed E-state index contributed by atoms with van der Waals surface area (Å²) in [7, 11) is 0. The van der Waals surface area contributed by atoms with E-state index in [-0.39, 0.29) is 11.5 Å². The topological polar surface area (TPSA) is 71.3 Å². The van der Waals surface area contributed by atoms with Crippen molar-refractivity contribution in [2.45, 2.75) is 0 Å². The van der Waals surface area contributed by atoms with Crippen molar-refractivity contribution in [1.82, 2.24) is 10.6 Å². The van der Waals surface area contributed by atoms with Crippen molar-refractivity contribution in [2.75, 3.05) is 6.54 Å². The van der Waals surface area contributed by atoms with E-state index in [9.17, 15) is 9.59 Å². The lowest BCUT2D eigenvalue weighted by Crippen LogP contribution is -2.34. The Kier molecular flexibility index (Phi) is 6.98. The van der Waals surface area contributed by atoms with E-state index in [2.05, 4.69) is 33.1 Å². The van der Waals surface area contributed by atoms with E-state index in [4.69, 9.17) is 4.42 Å². The highest BCUT2D eigenvalue weighted by Gasteiger charge is 2.15. The summed E-state index contributed by atoms with van der Waals surface area (Å²) in [6, 6.07) is 12.7. The van der Waals surface area contributed by atoms with E-state index in [1.165, 1.54) is 12.1 Å². The Morgan fingerprint density at radius 1 is 1.16 bits per heavy atom. The van der Waals surface area contributed by atoms with Crippen molar-refractivity contribution in [3.63, 3.8) is 0 Å². The molecule has 1 aromatic heterocycles. The average Bonchev–Trinajstić information content (AvgIpc) is 3.06. The molecule has 0 fully saturated rings. The van der Waals surface area contributed by atoms with Crippen molar-refractivity contribution in [3.05, 3.63) is 89.0 Å². The lowest BCUT2D eigenvalue weighted by Gasteiger charge is -2.08. The van der Waals surface area contributed by atoms with Gasteiger partial charge in [0.05, 0.1) is 0 Å². The van der Waals surface area contributed by atoms with Gasteiger partial charge < -0.3 is 15.1 Å². The van der Waals surface area contributed by atoms with Crippen molar-refractivity contribution in [1.29, 1.82) is 0 Å². The molecule has 25 heavy (non-hydrogen) atoms. The van der Waals surface area contributed by atoms with Gasteiger partial charge >= 0.3 is 0 Å². The number of amides is 2. The number of hydrogen-bond donors (Lipinski definition) is 2. The fraction of sp³-hybridized carbons (Fsp3) is 0.0526.